The smallest absolute Gasteiger partial charge is 0.401 e. The second-order valence-electron chi connectivity index (χ2n) is 5.09. The van der Waals surface area contributed by atoms with Gasteiger partial charge in [-0.05, 0) is 19.4 Å². The Balaban J connectivity index is 4.27. The summed E-state index contributed by atoms with van der Waals surface area (Å²) >= 11 is 0. The number of amidine groups is 1. The van der Waals surface area contributed by atoms with Crippen LogP contribution in [0.3, 0.4) is 0 Å². The van der Waals surface area contributed by atoms with Gasteiger partial charge in [0, 0.05) is 12.0 Å². The minimum atomic E-state index is -4.28. The van der Waals surface area contributed by atoms with Gasteiger partial charge in [-0.15, -0.1) is 0 Å². The predicted octanol–water partition coefficient (Wildman–Crippen LogP) is 1.40. The van der Waals surface area contributed by atoms with E-state index in [9.17, 15) is 13.2 Å². The Hall–Kier alpha value is -1.02. The van der Waals surface area contributed by atoms with E-state index in [2.05, 4.69) is 5.16 Å². The topological polar surface area (TPSA) is 82.1 Å². The maximum Gasteiger partial charge on any atom is 0.401 e. The minimum Gasteiger partial charge on any atom is -0.409 e. The maximum absolute atomic E-state index is 12.3. The van der Waals surface area contributed by atoms with Crippen molar-refractivity contribution in [1.82, 2.24) is 4.90 Å². The van der Waals surface area contributed by atoms with E-state index in [4.69, 9.17) is 16.0 Å². The van der Waals surface area contributed by atoms with Crippen molar-refractivity contribution in [3.63, 3.8) is 0 Å². The number of nitrogens with zero attached hydrogens (tertiary/aromatic N) is 2. The Labute approximate surface area is 110 Å². The highest BCUT2D eigenvalue weighted by Crippen LogP contribution is 2.23. The molecule has 19 heavy (non-hydrogen) atoms. The van der Waals surface area contributed by atoms with Gasteiger partial charge in [0.1, 0.15) is 5.84 Å². The third-order valence-electron chi connectivity index (χ3n) is 2.90. The highest BCUT2D eigenvalue weighted by Gasteiger charge is 2.30. The van der Waals surface area contributed by atoms with Crippen LogP contribution < -0.4 is 5.73 Å². The van der Waals surface area contributed by atoms with E-state index < -0.39 is 18.1 Å². The second-order valence-corrected chi connectivity index (χ2v) is 5.09. The van der Waals surface area contributed by atoms with E-state index in [1.54, 1.807) is 13.8 Å². The fraction of sp³-hybridized carbons (Fsp3) is 0.909. The Morgan fingerprint density at radius 2 is 1.84 bits per heavy atom. The summed E-state index contributed by atoms with van der Waals surface area (Å²) in [6, 6.07) is 0. The van der Waals surface area contributed by atoms with Gasteiger partial charge >= 0.3 is 6.18 Å². The summed E-state index contributed by atoms with van der Waals surface area (Å²) < 4.78 is 36.8. The van der Waals surface area contributed by atoms with E-state index in [0.717, 1.165) is 4.90 Å². The number of hydrogen-bond donors (Lipinski definition) is 3. The molecule has 0 heterocycles. The van der Waals surface area contributed by atoms with E-state index in [1.807, 2.05) is 0 Å². The van der Waals surface area contributed by atoms with Crippen LogP contribution in [-0.4, -0.2) is 53.5 Å². The third kappa shape index (κ3) is 7.89. The molecule has 0 atom stereocenters. The first-order valence-electron chi connectivity index (χ1n) is 6.00. The van der Waals surface area contributed by atoms with Crippen molar-refractivity contribution in [2.45, 2.75) is 32.9 Å². The molecule has 0 aromatic heterocycles. The zero-order valence-corrected chi connectivity index (χ0v) is 11.2. The quantitative estimate of drug-likeness (QED) is 0.272. The van der Waals surface area contributed by atoms with E-state index in [-0.39, 0.29) is 25.5 Å². The van der Waals surface area contributed by atoms with Crippen LogP contribution in [-0.2, 0) is 0 Å². The van der Waals surface area contributed by atoms with Gasteiger partial charge in [-0.1, -0.05) is 19.0 Å². The van der Waals surface area contributed by atoms with Crippen LogP contribution in [0.5, 0.6) is 0 Å². The Morgan fingerprint density at radius 1 is 1.26 bits per heavy atom. The van der Waals surface area contributed by atoms with Crippen molar-refractivity contribution in [1.29, 1.82) is 0 Å². The summed E-state index contributed by atoms with van der Waals surface area (Å²) in [5.41, 5.74) is 4.92. The maximum atomic E-state index is 12.3. The lowest BCUT2D eigenvalue weighted by Gasteiger charge is -2.26. The van der Waals surface area contributed by atoms with Crippen LogP contribution in [0.25, 0.3) is 0 Å². The molecule has 0 fully saturated rings. The first-order chi connectivity index (χ1) is 8.62. The number of oxime groups is 1. The van der Waals surface area contributed by atoms with Crippen molar-refractivity contribution in [2.24, 2.45) is 16.3 Å². The Kier molecular flexibility index (Phi) is 7.14. The monoisotopic (exact) mass is 285 g/mol. The van der Waals surface area contributed by atoms with E-state index >= 15 is 0 Å². The van der Waals surface area contributed by atoms with Gasteiger partial charge in [-0.2, -0.15) is 13.2 Å². The number of nitrogens with two attached hydrogens (primary N) is 1. The van der Waals surface area contributed by atoms with Gasteiger partial charge in [0.15, 0.2) is 0 Å². The van der Waals surface area contributed by atoms with Gasteiger partial charge in [-0.3, -0.25) is 4.90 Å². The molecule has 8 heteroatoms. The molecule has 0 radical (unpaired) electrons. The molecular weight excluding hydrogens is 263 g/mol. The van der Waals surface area contributed by atoms with Gasteiger partial charge in [0.25, 0.3) is 0 Å². The number of rotatable bonds is 8. The predicted molar refractivity (Wildman–Crippen MR) is 66.0 cm³/mol. The molecule has 0 aliphatic heterocycles. The van der Waals surface area contributed by atoms with Crippen LogP contribution in [0.1, 0.15) is 26.7 Å². The average Bonchev–Trinajstić information content (AvgIpc) is 2.25. The zero-order valence-electron chi connectivity index (χ0n) is 11.2. The summed E-state index contributed by atoms with van der Waals surface area (Å²) in [6.07, 6.45) is -3.34. The summed E-state index contributed by atoms with van der Waals surface area (Å²) in [5.74, 6) is 0.0528. The first-order valence-corrected chi connectivity index (χ1v) is 6.00. The van der Waals surface area contributed by atoms with Crippen molar-refractivity contribution in [2.75, 3.05) is 26.2 Å². The van der Waals surface area contributed by atoms with Crippen LogP contribution in [0.15, 0.2) is 5.16 Å². The Bertz CT molecular complexity index is 293. The summed E-state index contributed by atoms with van der Waals surface area (Å²) in [7, 11) is 0. The van der Waals surface area contributed by atoms with Crippen LogP contribution in [0.2, 0.25) is 0 Å². The lowest BCUT2D eigenvalue weighted by molar-refractivity contribution is -0.146. The average molecular weight is 285 g/mol. The van der Waals surface area contributed by atoms with Crippen LogP contribution in [0.4, 0.5) is 13.2 Å². The van der Waals surface area contributed by atoms with Gasteiger partial charge < -0.3 is 16.0 Å². The molecule has 114 valence electrons. The standard InChI is InChI=1S/C11H22F3N3O2/c1-10(2,9(15)16-19)4-3-5-17(6-7-18)8-11(12,13)14/h18-19H,3-8H2,1-2H3,(H2,15,16). The molecule has 0 aromatic carbocycles. The lowest BCUT2D eigenvalue weighted by Crippen LogP contribution is -2.38. The van der Waals surface area contributed by atoms with Crippen molar-refractivity contribution in [3.8, 4) is 0 Å². The zero-order chi connectivity index (χ0) is 15.1. The van der Waals surface area contributed by atoms with Gasteiger partial charge in [0.2, 0.25) is 0 Å². The fourth-order valence-electron chi connectivity index (χ4n) is 1.67. The third-order valence-corrected chi connectivity index (χ3v) is 2.90. The van der Waals surface area contributed by atoms with Gasteiger partial charge in [0.05, 0.1) is 13.2 Å². The fourth-order valence-corrected chi connectivity index (χ4v) is 1.67. The molecule has 4 N–H and O–H groups in total. The van der Waals surface area contributed by atoms with Crippen molar-refractivity contribution < 1.29 is 23.5 Å². The molecule has 0 saturated heterocycles. The highest BCUT2D eigenvalue weighted by molar-refractivity contribution is 5.85. The van der Waals surface area contributed by atoms with Crippen LogP contribution >= 0.6 is 0 Å². The van der Waals surface area contributed by atoms with Crippen LogP contribution in [0, 0.1) is 5.41 Å². The number of aliphatic hydroxyl groups excluding tert-OH is 1. The second kappa shape index (κ2) is 7.54. The molecule has 0 aliphatic rings. The molecule has 0 aromatic rings. The number of aliphatic hydroxyl groups is 1. The molecule has 0 aliphatic carbocycles. The van der Waals surface area contributed by atoms with E-state index in [1.165, 1.54) is 0 Å². The van der Waals surface area contributed by atoms with Gasteiger partial charge in [-0.25, -0.2) is 0 Å². The SMILES string of the molecule is CC(C)(CCCN(CCO)CC(F)(F)F)C(N)=NO. The summed E-state index contributed by atoms with van der Waals surface area (Å²) in [4.78, 5) is 1.14. The van der Waals surface area contributed by atoms with Crippen molar-refractivity contribution in [3.05, 3.63) is 0 Å². The molecule has 0 bridgehead atoms. The molecule has 0 saturated carbocycles. The lowest BCUT2D eigenvalue weighted by atomic mass is 9.86. The molecule has 5 nitrogen and oxygen atoms in total. The number of halogens is 3. The molecule has 0 unspecified atom stereocenters. The molecular formula is C11H22F3N3O2. The largest absolute Gasteiger partial charge is 0.409 e. The molecule has 0 rings (SSSR count). The molecule has 0 amide bonds. The molecule has 0 spiro atoms. The summed E-state index contributed by atoms with van der Waals surface area (Å²) in [6.45, 7) is 2.31. The highest BCUT2D eigenvalue weighted by atomic mass is 19.4. The summed E-state index contributed by atoms with van der Waals surface area (Å²) in [5, 5.41) is 20.2. The number of hydrogen-bond acceptors (Lipinski definition) is 4. The normalized spacial score (nSPS) is 14.2. The minimum absolute atomic E-state index is 0.0243. The van der Waals surface area contributed by atoms with Crippen molar-refractivity contribution >= 4 is 5.84 Å². The van der Waals surface area contributed by atoms with E-state index in [0.29, 0.717) is 12.8 Å². The number of alkyl halides is 3. The Morgan fingerprint density at radius 3 is 2.26 bits per heavy atom. The first kappa shape index (κ1) is 18.0.